The summed E-state index contributed by atoms with van der Waals surface area (Å²) in [5.41, 5.74) is 2.86. The van der Waals surface area contributed by atoms with Crippen molar-refractivity contribution in [1.82, 2.24) is 29.5 Å². The van der Waals surface area contributed by atoms with Crippen LogP contribution in [0, 0.1) is 13.8 Å². The molecule has 0 saturated carbocycles. The highest BCUT2D eigenvalue weighted by Gasteiger charge is 2.45. The van der Waals surface area contributed by atoms with Gasteiger partial charge in [-0.2, -0.15) is 0 Å². The van der Waals surface area contributed by atoms with E-state index in [-0.39, 0.29) is 0 Å². The number of rotatable bonds is 2. The van der Waals surface area contributed by atoms with Crippen LogP contribution in [0.25, 0.3) is 5.65 Å². The largest absolute Gasteiger partial charge is 0.347 e. The SMILES string of the molecule is Cc1cc(C)nc(N2CC3CC2CN3c2nccn3cnnc23)n1. The van der Waals surface area contributed by atoms with Crippen LogP contribution in [0.5, 0.6) is 0 Å². The van der Waals surface area contributed by atoms with E-state index in [4.69, 9.17) is 0 Å². The Labute approximate surface area is 139 Å². The fraction of sp³-hybridized carbons (Fsp3) is 0.438. The highest BCUT2D eigenvalue weighted by atomic mass is 15.4. The molecule has 122 valence electrons. The lowest BCUT2D eigenvalue weighted by Crippen LogP contribution is -2.47. The van der Waals surface area contributed by atoms with Crippen molar-refractivity contribution in [3.05, 3.63) is 36.2 Å². The first-order valence-corrected chi connectivity index (χ1v) is 8.19. The van der Waals surface area contributed by atoms with Gasteiger partial charge in [0.1, 0.15) is 6.33 Å². The Morgan fingerprint density at radius 2 is 1.79 bits per heavy atom. The van der Waals surface area contributed by atoms with Gasteiger partial charge in [0, 0.05) is 36.9 Å². The second-order valence-corrected chi connectivity index (χ2v) is 6.61. The van der Waals surface area contributed by atoms with E-state index < -0.39 is 0 Å². The molecule has 2 atom stereocenters. The minimum absolute atomic E-state index is 0.412. The Balaban J connectivity index is 1.45. The van der Waals surface area contributed by atoms with Gasteiger partial charge < -0.3 is 9.80 Å². The third-order valence-electron chi connectivity index (χ3n) is 4.94. The van der Waals surface area contributed by atoms with Crippen molar-refractivity contribution in [1.29, 1.82) is 0 Å². The first kappa shape index (κ1) is 13.6. The first-order valence-electron chi connectivity index (χ1n) is 8.19. The van der Waals surface area contributed by atoms with Crippen LogP contribution in [-0.4, -0.2) is 54.7 Å². The zero-order chi connectivity index (χ0) is 16.3. The molecular weight excluding hydrogens is 304 g/mol. The molecule has 3 aromatic rings. The molecule has 0 aromatic carbocycles. The van der Waals surface area contributed by atoms with Crippen LogP contribution < -0.4 is 9.80 Å². The van der Waals surface area contributed by atoms with Gasteiger partial charge in [-0.3, -0.25) is 4.40 Å². The normalized spacial score (nSPS) is 22.8. The van der Waals surface area contributed by atoms with E-state index in [0.717, 1.165) is 48.3 Å². The fourth-order valence-corrected chi connectivity index (χ4v) is 3.95. The molecule has 2 aliphatic rings. The molecule has 3 aromatic heterocycles. The van der Waals surface area contributed by atoms with Crippen molar-refractivity contribution in [2.24, 2.45) is 0 Å². The smallest absolute Gasteiger partial charge is 0.226 e. The number of anilines is 2. The predicted octanol–water partition coefficient (Wildman–Crippen LogP) is 0.999. The summed E-state index contributed by atoms with van der Waals surface area (Å²) >= 11 is 0. The number of hydrogen-bond donors (Lipinski definition) is 0. The molecule has 2 saturated heterocycles. The molecular formula is C16H18N8. The third kappa shape index (κ3) is 1.95. The van der Waals surface area contributed by atoms with Gasteiger partial charge in [-0.05, 0) is 26.3 Å². The summed E-state index contributed by atoms with van der Waals surface area (Å²) in [6, 6.07) is 2.84. The number of aromatic nitrogens is 6. The summed E-state index contributed by atoms with van der Waals surface area (Å²) < 4.78 is 1.92. The molecule has 0 N–H and O–H groups in total. The Bertz CT molecular complexity index is 899. The maximum Gasteiger partial charge on any atom is 0.226 e. The van der Waals surface area contributed by atoms with Crippen molar-refractivity contribution in [3.63, 3.8) is 0 Å². The van der Waals surface area contributed by atoms with Crippen molar-refractivity contribution < 1.29 is 0 Å². The number of nitrogens with zero attached hydrogens (tertiary/aromatic N) is 8. The molecule has 2 fully saturated rings. The van der Waals surface area contributed by atoms with Gasteiger partial charge in [0.25, 0.3) is 0 Å². The van der Waals surface area contributed by atoms with E-state index in [1.807, 2.05) is 36.7 Å². The van der Waals surface area contributed by atoms with E-state index in [1.165, 1.54) is 0 Å². The zero-order valence-electron chi connectivity index (χ0n) is 13.7. The Kier molecular flexibility index (Phi) is 2.76. The van der Waals surface area contributed by atoms with Crippen LogP contribution in [0.15, 0.2) is 24.8 Å². The van der Waals surface area contributed by atoms with Gasteiger partial charge in [0.2, 0.25) is 11.6 Å². The summed E-state index contributed by atoms with van der Waals surface area (Å²) in [5, 5.41) is 8.21. The average molecular weight is 322 g/mol. The maximum absolute atomic E-state index is 4.63. The monoisotopic (exact) mass is 322 g/mol. The van der Waals surface area contributed by atoms with Crippen LogP contribution in [0.4, 0.5) is 11.8 Å². The van der Waals surface area contributed by atoms with E-state index in [0.29, 0.717) is 12.1 Å². The van der Waals surface area contributed by atoms with Crippen molar-refractivity contribution in [2.75, 3.05) is 22.9 Å². The van der Waals surface area contributed by atoms with E-state index in [9.17, 15) is 0 Å². The third-order valence-corrected chi connectivity index (χ3v) is 4.94. The number of hydrogen-bond acceptors (Lipinski definition) is 7. The van der Waals surface area contributed by atoms with E-state index in [2.05, 4.69) is 34.9 Å². The van der Waals surface area contributed by atoms with Crippen LogP contribution in [0.1, 0.15) is 17.8 Å². The molecule has 0 aliphatic carbocycles. The van der Waals surface area contributed by atoms with Gasteiger partial charge in [0.15, 0.2) is 5.82 Å². The molecule has 0 spiro atoms. The summed E-state index contributed by atoms with van der Waals surface area (Å²) in [4.78, 5) is 18.5. The first-order chi connectivity index (χ1) is 11.7. The highest BCUT2D eigenvalue weighted by molar-refractivity contribution is 5.66. The van der Waals surface area contributed by atoms with E-state index in [1.54, 1.807) is 6.33 Å². The molecule has 24 heavy (non-hydrogen) atoms. The summed E-state index contributed by atoms with van der Waals surface area (Å²) in [7, 11) is 0. The fourth-order valence-electron chi connectivity index (χ4n) is 3.95. The lowest BCUT2D eigenvalue weighted by atomic mass is 10.2. The van der Waals surface area contributed by atoms with Gasteiger partial charge in [-0.1, -0.05) is 0 Å². The molecule has 8 heteroatoms. The highest BCUT2D eigenvalue weighted by Crippen LogP contribution is 2.36. The minimum atomic E-state index is 0.412. The van der Waals surface area contributed by atoms with Crippen LogP contribution in [-0.2, 0) is 0 Å². The van der Waals surface area contributed by atoms with Gasteiger partial charge in [-0.25, -0.2) is 15.0 Å². The quantitative estimate of drug-likeness (QED) is 0.696. The minimum Gasteiger partial charge on any atom is -0.347 e. The van der Waals surface area contributed by atoms with Crippen LogP contribution in [0.2, 0.25) is 0 Å². The standard InChI is InChI=1S/C16H18N8/c1-10-5-11(2)20-16(19-10)24-8-12-6-13(24)7-23(12)14-15-21-18-9-22(15)4-3-17-14/h3-5,9,12-13H,6-8H2,1-2H3. The maximum atomic E-state index is 4.63. The van der Waals surface area contributed by atoms with Crippen LogP contribution in [0.3, 0.4) is 0 Å². The Morgan fingerprint density at radius 3 is 2.54 bits per heavy atom. The average Bonchev–Trinajstić information content (AvgIpc) is 3.27. The lowest BCUT2D eigenvalue weighted by Gasteiger charge is -2.35. The second kappa shape index (κ2) is 4.86. The van der Waals surface area contributed by atoms with Gasteiger partial charge in [-0.15, -0.1) is 10.2 Å². The molecule has 8 nitrogen and oxygen atoms in total. The summed E-state index contributed by atoms with van der Waals surface area (Å²) in [6.45, 7) is 5.88. The zero-order valence-corrected chi connectivity index (χ0v) is 13.7. The Morgan fingerprint density at radius 1 is 1.04 bits per heavy atom. The van der Waals surface area contributed by atoms with Gasteiger partial charge >= 0.3 is 0 Å². The number of fused-ring (bicyclic) bond motifs is 3. The van der Waals surface area contributed by atoms with Crippen molar-refractivity contribution >= 4 is 17.4 Å². The molecule has 2 aliphatic heterocycles. The molecule has 2 unspecified atom stereocenters. The van der Waals surface area contributed by atoms with Crippen LogP contribution >= 0.6 is 0 Å². The van der Waals surface area contributed by atoms with Crippen molar-refractivity contribution in [3.8, 4) is 0 Å². The predicted molar refractivity (Wildman–Crippen MR) is 89.2 cm³/mol. The molecule has 5 heterocycles. The second-order valence-electron chi connectivity index (χ2n) is 6.61. The molecule has 0 amide bonds. The van der Waals surface area contributed by atoms with Gasteiger partial charge in [0.05, 0.1) is 12.1 Å². The Hall–Kier alpha value is -2.77. The van der Waals surface area contributed by atoms with Crippen molar-refractivity contribution in [2.45, 2.75) is 32.4 Å². The summed E-state index contributed by atoms with van der Waals surface area (Å²) in [5.74, 6) is 1.77. The number of piperazine rings is 1. The lowest BCUT2D eigenvalue weighted by molar-refractivity contribution is 0.627. The van der Waals surface area contributed by atoms with E-state index >= 15 is 0 Å². The number of aryl methyl sites for hydroxylation is 2. The molecule has 0 radical (unpaired) electrons. The molecule has 2 bridgehead atoms. The topological polar surface area (TPSA) is 75.3 Å². The molecule has 5 rings (SSSR count). The summed E-state index contributed by atoms with van der Waals surface area (Å²) in [6.07, 6.45) is 6.50.